The van der Waals surface area contributed by atoms with E-state index in [-0.39, 0.29) is 5.82 Å². The highest BCUT2D eigenvalue weighted by molar-refractivity contribution is 8.03. The van der Waals surface area contributed by atoms with Gasteiger partial charge in [0.2, 0.25) is 0 Å². The number of pyridine rings is 1. The zero-order valence-electron chi connectivity index (χ0n) is 16.2. The van der Waals surface area contributed by atoms with Crippen LogP contribution in [-0.4, -0.2) is 17.2 Å². The SMILES string of the molecule is CC(=NCC(C)C)/C(Cc1ccncc1F)=C(\C)Sc1cccc(C)c1. The molecule has 0 saturated heterocycles. The molecule has 26 heavy (non-hydrogen) atoms. The number of benzene rings is 1. The van der Waals surface area contributed by atoms with Gasteiger partial charge in [-0.1, -0.05) is 43.3 Å². The van der Waals surface area contributed by atoms with E-state index in [1.165, 1.54) is 16.7 Å². The molecule has 0 aliphatic rings. The lowest BCUT2D eigenvalue weighted by Gasteiger charge is -2.14. The molecule has 1 heterocycles. The summed E-state index contributed by atoms with van der Waals surface area (Å²) in [5, 5.41) is 0. The van der Waals surface area contributed by atoms with Crippen molar-refractivity contribution >= 4 is 17.5 Å². The molecular weight excluding hydrogens is 343 g/mol. The van der Waals surface area contributed by atoms with Gasteiger partial charge in [0.05, 0.1) is 6.20 Å². The van der Waals surface area contributed by atoms with Gasteiger partial charge in [0, 0.05) is 29.8 Å². The summed E-state index contributed by atoms with van der Waals surface area (Å²) in [5.41, 5.74) is 3.95. The second-order valence-corrected chi connectivity index (χ2v) is 8.21. The summed E-state index contributed by atoms with van der Waals surface area (Å²) < 4.78 is 14.1. The van der Waals surface area contributed by atoms with E-state index in [1.54, 1.807) is 24.0 Å². The van der Waals surface area contributed by atoms with E-state index in [4.69, 9.17) is 4.99 Å². The molecule has 2 rings (SSSR count). The maximum absolute atomic E-state index is 14.1. The minimum atomic E-state index is -0.269. The topological polar surface area (TPSA) is 25.2 Å². The van der Waals surface area contributed by atoms with Crippen LogP contribution >= 0.6 is 11.8 Å². The van der Waals surface area contributed by atoms with Crippen LogP contribution in [0.15, 0.2) is 63.1 Å². The first-order valence-corrected chi connectivity index (χ1v) is 9.72. The Morgan fingerprint density at radius 1 is 1.23 bits per heavy atom. The van der Waals surface area contributed by atoms with Crippen LogP contribution in [0.25, 0.3) is 0 Å². The summed E-state index contributed by atoms with van der Waals surface area (Å²) in [6.45, 7) is 11.3. The van der Waals surface area contributed by atoms with Crippen molar-refractivity contribution in [3.05, 3.63) is 70.1 Å². The predicted octanol–water partition coefficient (Wildman–Crippen LogP) is 6.25. The summed E-state index contributed by atoms with van der Waals surface area (Å²) in [6, 6.07) is 10.2. The van der Waals surface area contributed by atoms with Gasteiger partial charge in [-0.15, -0.1) is 0 Å². The number of allylic oxidation sites excluding steroid dienone is 2. The van der Waals surface area contributed by atoms with E-state index in [0.717, 1.165) is 22.7 Å². The Morgan fingerprint density at radius 3 is 2.65 bits per heavy atom. The third-order valence-corrected chi connectivity index (χ3v) is 5.08. The van der Waals surface area contributed by atoms with Gasteiger partial charge in [-0.2, -0.15) is 0 Å². The normalized spacial score (nSPS) is 13.1. The fourth-order valence-corrected chi connectivity index (χ4v) is 3.67. The molecule has 0 radical (unpaired) electrons. The number of aliphatic imine (C=N–C) groups is 1. The maximum atomic E-state index is 14.1. The van der Waals surface area contributed by atoms with E-state index in [9.17, 15) is 4.39 Å². The van der Waals surface area contributed by atoms with Crippen molar-refractivity contribution in [1.82, 2.24) is 4.98 Å². The fraction of sp³-hybridized carbons (Fsp3) is 0.364. The van der Waals surface area contributed by atoms with Crippen LogP contribution in [0, 0.1) is 18.7 Å². The monoisotopic (exact) mass is 370 g/mol. The zero-order chi connectivity index (χ0) is 19.1. The summed E-state index contributed by atoms with van der Waals surface area (Å²) >= 11 is 1.71. The summed E-state index contributed by atoms with van der Waals surface area (Å²) in [6.07, 6.45) is 3.43. The molecule has 138 valence electrons. The Balaban J connectivity index is 2.37. The first-order chi connectivity index (χ1) is 12.4. The standard InChI is InChI=1S/C22H27FN2S/c1-15(2)13-25-17(4)21(12-19-9-10-24-14-22(19)23)18(5)26-20-8-6-7-16(3)11-20/h6-11,14-15H,12-13H2,1-5H3/b21-18+,25-17?. The van der Waals surface area contributed by atoms with Crippen LogP contribution in [-0.2, 0) is 6.42 Å². The Morgan fingerprint density at radius 2 is 2.00 bits per heavy atom. The molecule has 4 heteroatoms. The van der Waals surface area contributed by atoms with Crippen LogP contribution in [0.4, 0.5) is 4.39 Å². The third kappa shape index (κ3) is 6.10. The lowest BCUT2D eigenvalue weighted by atomic mass is 10.0. The van der Waals surface area contributed by atoms with Crippen LogP contribution in [0.5, 0.6) is 0 Å². The number of hydrogen-bond donors (Lipinski definition) is 0. The quantitative estimate of drug-likeness (QED) is 0.425. The Labute approximate surface area is 160 Å². The van der Waals surface area contributed by atoms with Crippen molar-refractivity contribution in [3.8, 4) is 0 Å². The molecule has 0 unspecified atom stereocenters. The Bertz CT molecular complexity index is 809. The van der Waals surface area contributed by atoms with Crippen LogP contribution in [0.3, 0.4) is 0 Å². The number of hydrogen-bond acceptors (Lipinski definition) is 3. The van der Waals surface area contributed by atoms with Crippen LogP contribution < -0.4 is 0 Å². The molecule has 0 spiro atoms. The van der Waals surface area contributed by atoms with Crippen molar-refractivity contribution in [2.75, 3.05) is 6.54 Å². The number of halogens is 1. The minimum absolute atomic E-state index is 0.269. The van der Waals surface area contributed by atoms with E-state index in [1.807, 2.05) is 6.92 Å². The Hall–Kier alpha value is -1.94. The fourth-order valence-electron chi connectivity index (χ4n) is 2.58. The van der Waals surface area contributed by atoms with E-state index >= 15 is 0 Å². The Kier molecular flexibility index (Phi) is 7.58. The summed E-state index contributed by atoms with van der Waals surface area (Å²) in [4.78, 5) is 10.9. The number of aromatic nitrogens is 1. The second-order valence-electron chi connectivity index (χ2n) is 6.92. The smallest absolute Gasteiger partial charge is 0.145 e. The van der Waals surface area contributed by atoms with E-state index in [0.29, 0.717) is 17.9 Å². The highest BCUT2D eigenvalue weighted by Gasteiger charge is 2.13. The summed E-state index contributed by atoms with van der Waals surface area (Å²) in [5.74, 6) is 0.226. The second kappa shape index (κ2) is 9.67. The van der Waals surface area contributed by atoms with Gasteiger partial charge >= 0.3 is 0 Å². The van der Waals surface area contributed by atoms with Crippen molar-refractivity contribution in [1.29, 1.82) is 0 Å². The van der Waals surface area contributed by atoms with Crippen molar-refractivity contribution < 1.29 is 4.39 Å². The average molecular weight is 371 g/mol. The molecule has 0 bridgehead atoms. The predicted molar refractivity (Wildman–Crippen MR) is 110 cm³/mol. The van der Waals surface area contributed by atoms with E-state index in [2.05, 4.69) is 56.9 Å². The molecule has 0 atom stereocenters. The third-order valence-electron chi connectivity index (χ3n) is 4.04. The number of rotatable bonds is 7. The summed E-state index contributed by atoms with van der Waals surface area (Å²) in [7, 11) is 0. The average Bonchev–Trinajstić information content (AvgIpc) is 2.59. The van der Waals surface area contributed by atoms with Crippen molar-refractivity contribution in [2.45, 2.75) is 45.9 Å². The molecule has 1 aromatic heterocycles. The van der Waals surface area contributed by atoms with Crippen LogP contribution in [0.2, 0.25) is 0 Å². The zero-order valence-corrected chi connectivity index (χ0v) is 17.0. The first kappa shape index (κ1) is 20.4. The number of nitrogens with zero attached hydrogens (tertiary/aromatic N) is 2. The maximum Gasteiger partial charge on any atom is 0.145 e. The van der Waals surface area contributed by atoms with E-state index < -0.39 is 0 Å². The molecular formula is C22H27FN2S. The number of aryl methyl sites for hydroxylation is 1. The molecule has 1 aromatic carbocycles. The van der Waals surface area contributed by atoms with Gasteiger partial charge in [-0.3, -0.25) is 9.98 Å². The highest BCUT2D eigenvalue weighted by Crippen LogP contribution is 2.31. The van der Waals surface area contributed by atoms with Gasteiger partial charge in [0.1, 0.15) is 5.82 Å². The molecule has 0 fully saturated rings. The lowest BCUT2D eigenvalue weighted by molar-refractivity contribution is 0.607. The first-order valence-electron chi connectivity index (χ1n) is 8.91. The molecule has 0 aliphatic heterocycles. The van der Waals surface area contributed by atoms with Gasteiger partial charge in [-0.05, 0) is 60.9 Å². The highest BCUT2D eigenvalue weighted by atomic mass is 32.2. The van der Waals surface area contributed by atoms with Gasteiger partial charge in [0.25, 0.3) is 0 Å². The van der Waals surface area contributed by atoms with Crippen LogP contribution in [0.1, 0.15) is 38.8 Å². The molecule has 2 nitrogen and oxygen atoms in total. The van der Waals surface area contributed by atoms with Gasteiger partial charge in [0.15, 0.2) is 0 Å². The minimum Gasteiger partial charge on any atom is -0.289 e. The molecule has 0 N–H and O–H groups in total. The molecule has 0 saturated carbocycles. The number of thioether (sulfide) groups is 1. The largest absolute Gasteiger partial charge is 0.289 e. The molecule has 0 amide bonds. The van der Waals surface area contributed by atoms with Gasteiger partial charge < -0.3 is 0 Å². The van der Waals surface area contributed by atoms with Crippen molar-refractivity contribution in [3.63, 3.8) is 0 Å². The van der Waals surface area contributed by atoms with Gasteiger partial charge in [-0.25, -0.2) is 4.39 Å². The lowest BCUT2D eigenvalue weighted by Crippen LogP contribution is -2.07. The van der Waals surface area contributed by atoms with Crippen molar-refractivity contribution in [2.24, 2.45) is 10.9 Å². The molecule has 2 aromatic rings. The molecule has 0 aliphatic carbocycles.